The first-order chi connectivity index (χ1) is 8.33. The van der Waals surface area contributed by atoms with E-state index in [1.807, 2.05) is 11.8 Å². The summed E-state index contributed by atoms with van der Waals surface area (Å²) in [5.41, 5.74) is 0. The van der Waals surface area contributed by atoms with Gasteiger partial charge in [0.15, 0.2) is 0 Å². The summed E-state index contributed by atoms with van der Waals surface area (Å²) in [6.45, 7) is 2.23. The van der Waals surface area contributed by atoms with E-state index in [0.29, 0.717) is 13.1 Å². The van der Waals surface area contributed by atoms with Gasteiger partial charge in [0, 0.05) is 13.1 Å². The summed E-state index contributed by atoms with van der Waals surface area (Å²) >= 11 is 0. The fourth-order valence-corrected chi connectivity index (χ4v) is 1.78. The maximum Gasteiger partial charge on any atom is 0.330 e. The number of aliphatic hydroxyl groups is 1. The molecule has 0 aromatic carbocycles. The van der Waals surface area contributed by atoms with Gasteiger partial charge < -0.3 is 9.84 Å². The highest BCUT2D eigenvalue weighted by molar-refractivity contribution is 4.77. The van der Waals surface area contributed by atoms with Crippen LogP contribution in [0.4, 0.5) is 17.6 Å². The molecule has 0 spiro atoms. The lowest BCUT2D eigenvalue weighted by molar-refractivity contribution is -0.166. The average molecular weight is 273 g/mol. The van der Waals surface area contributed by atoms with Crippen LogP contribution in [0.2, 0.25) is 0 Å². The number of ether oxygens (including phenoxy) is 1. The van der Waals surface area contributed by atoms with Crippen LogP contribution in [0.5, 0.6) is 0 Å². The first-order valence-electron chi connectivity index (χ1n) is 5.97. The number of halogens is 4. The Bertz CT molecular complexity index is 253. The Hall–Kier alpha value is -0.400. The Kier molecular flexibility index (Phi) is 5.81. The molecule has 0 bridgehead atoms. The molecule has 2 atom stereocenters. The van der Waals surface area contributed by atoms with Crippen LogP contribution < -0.4 is 0 Å². The monoisotopic (exact) mass is 273 g/mol. The van der Waals surface area contributed by atoms with E-state index in [-0.39, 0.29) is 12.5 Å². The van der Waals surface area contributed by atoms with E-state index in [0.717, 1.165) is 13.0 Å². The van der Waals surface area contributed by atoms with Crippen molar-refractivity contribution in [3.05, 3.63) is 0 Å². The van der Waals surface area contributed by atoms with Crippen molar-refractivity contribution in [2.24, 2.45) is 5.92 Å². The highest BCUT2D eigenvalue weighted by Crippen LogP contribution is 2.23. The topological polar surface area (TPSA) is 32.7 Å². The molecular formula is C11H19F4NO2. The van der Waals surface area contributed by atoms with Crippen molar-refractivity contribution in [3.8, 4) is 0 Å². The fourth-order valence-electron chi connectivity index (χ4n) is 1.78. The largest absolute Gasteiger partial charge is 0.392 e. The van der Waals surface area contributed by atoms with Crippen molar-refractivity contribution in [3.63, 3.8) is 0 Å². The summed E-state index contributed by atoms with van der Waals surface area (Å²) in [7, 11) is 0. The zero-order valence-corrected chi connectivity index (χ0v) is 10.3. The molecule has 0 aliphatic carbocycles. The Balaban J connectivity index is 2.15. The van der Waals surface area contributed by atoms with Crippen molar-refractivity contribution in [1.82, 2.24) is 4.90 Å². The third kappa shape index (κ3) is 4.70. The molecule has 0 aromatic rings. The van der Waals surface area contributed by atoms with E-state index in [1.54, 1.807) is 0 Å². The average Bonchev–Trinajstić information content (AvgIpc) is 2.29. The van der Waals surface area contributed by atoms with Crippen LogP contribution in [0.15, 0.2) is 0 Å². The summed E-state index contributed by atoms with van der Waals surface area (Å²) in [5.74, 6) is -3.86. The Morgan fingerprint density at radius 3 is 2.67 bits per heavy atom. The molecule has 1 N–H and O–H groups in total. The van der Waals surface area contributed by atoms with E-state index >= 15 is 0 Å². The van der Waals surface area contributed by atoms with Gasteiger partial charge in [-0.25, -0.2) is 8.78 Å². The van der Waals surface area contributed by atoms with Crippen molar-refractivity contribution in [1.29, 1.82) is 0 Å². The van der Waals surface area contributed by atoms with Gasteiger partial charge in [0.2, 0.25) is 0 Å². The van der Waals surface area contributed by atoms with Crippen LogP contribution in [0.3, 0.4) is 0 Å². The molecule has 1 fully saturated rings. The van der Waals surface area contributed by atoms with Gasteiger partial charge >= 0.3 is 12.3 Å². The molecule has 0 amide bonds. The van der Waals surface area contributed by atoms with Crippen molar-refractivity contribution in [2.45, 2.75) is 31.8 Å². The number of hydrogen-bond donors (Lipinski definition) is 1. The van der Waals surface area contributed by atoms with Gasteiger partial charge in [-0.3, -0.25) is 4.90 Å². The highest BCUT2D eigenvalue weighted by Gasteiger charge is 2.40. The summed E-state index contributed by atoms with van der Waals surface area (Å²) < 4.78 is 53.2. The quantitative estimate of drug-likeness (QED) is 0.589. The summed E-state index contributed by atoms with van der Waals surface area (Å²) in [6.07, 6.45) is -3.30. The minimum absolute atomic E-state index is 0.0383. The molecular weight excluding hydrogens is 254 g/mol. The number of β-amino-alcohol motifs (C(OH)–C–C–N with tert-alkyl or cyclic N) is 1. The highest BCUT2D eigenvalue weighted by atomic mass is 19.3. The first kappa shape index (κ1) is 15.7. The van der Waals surface area contributed by atoms with Gasteiger partial charge in [0.05, 0.1) is 12.7 Å². The molecule has 1 aliphatic rings. The van der Waals surface area contributed by atoms with Crippen LogP contribution in [0, 0.1) is 5.92 Å². The summed E-state index contributed by atoms with van der Waals surface area (Å²) in [4.78, 5) is 1.88. The second-order valence-electron chi connectivity index (χ2n) is 4.75. The predicted octanol–water partition coefficient (Wildman–Crippen LogP) is 1.61. The van der Waals surface area contributed by atoms with Gasteiger partial charge in [-0.15, -0.1) is 0 Å². The van der Waals surface area contributed by atoms with E-state index in [2.05, 4.69) is 4.74 Å². The lowest BCUT2D eigenvalue weighted by atomic mass is 9.96. The van der Waals surface area contributed by atoms with Gasteiger partial charge in [-0.1, -0.05) is 6.92 Å². The molecule has 0 aromatic heterocycles. The number of likely N-dealkylation sites (tertiary alicyclic amines) is 1. The fraction of sp³-hybridized carbons (Fsp3) is 1.00. The zero-order chi connectivity index (χ0) is 13.8. The minimum atomic E-state index is -4.09. The predicted molar refractivity (Wildman–Crippen MR) is 58.0 cm³/mol. The van der Waals surface area contributed by atoms with Crippen molar-refractivity contribution < 1.29 is 27.4 Å². The maximum atomic E-state index is 12.5. The molecule has 108 valence electrons. The third-order valence-corrected chi connectivity index (χ3v) is 3.17. The normalized spacial score (nSPS) is 26.8. The lowest BCUT2D eigenvalue weighted by Crippen LogP contribution is -2.44. The molecule has 0 saturated carbocycles. The summed E-state index contributed by atoms with van der Waals surface area (Å²) in [6, 6.07) is 0. The number of hydrogen-bond acceptors (Lipinski definition) is 3. The van der Waals surface area contributed by atoms with Crippen LogP contribution >= 0.6 is 0 Å². The SMILES string of the molecule is C[C@@H]1CCN(CCOCC(F)(F)C(F)F)C[C@@H]1O. The molecule has 1 aliphatic heterocycles. The summed E-state index contributed by atoms with van der Waals surface area (Å²) in [5, 5.41) is 9.61. The molecule has 1 heterocycles. The van der Waals surface area contributed by atoms with Crippen LogP contribution in [0.1, 0.15) is 13.3 Å². The molecule has 0 radical (unpaired) electrons. The van der Waals surface area contributed by atoms with Gasteiger partial charge in [0.25, 0.3) is 0 Å². The van der Waals surface area contributed by atoms with E-state index in [9.17, 15) is 22.7 Å². The molecule has 1 saturated heterocycles. The number of rotatable bonds is 6. The third-order valence-electron chi connectivity index (χ3n) is 3.17. The molecule has 18 heavy (non-hydrogen) atoms. The number of alkyl halides is 4. The Morgan fingerprint density at radius 2 is 2.11 bits per heavy atom. The van der Waals surface area contributed by atoms with Gasteiger partial charge in [-0.05, 0) is 18.9 Å². The van der Waals surface area contributed by atoms with Crippen molar-refractivity contribution in [2.75, 3.05) is 32.8 Å². The van der Waals surface area contributed by atoms with E-state index in [1.165, 1.54) is 0 Å². The van der Waals surface area contributed by atoms with Crippen LogP contribution in [-0.2, 0) is 4.74 Å². The Labute approximate surface area is 104 Å². The molecule has 0 unspecified atom stereocenters. The minimum Gasteiger partial charge on any atom is -0.392 e. The molecule has 1 rings (SSSR count). The van der Waals surface area contributed by atoms with Crippen LogP contribution in [0.25, 0.3) is 0 Å². The second kappa shape index (κ2) is 6.68. The number of nitrogens with zero attached hydrogens (tertiary/aromatic N) is 1. The number of piperidine rings is 1. The van der Waals surface area contributed by atoms with E-state index < -0.39 is 25.1 Å². The number of aliphatic hydroxyl groups excluding tert-OH is 1. The first-order valence-corrected chi connectivity index (χ1v) is 5.97. The van der Waals surface area contributed by atoms with Crippen LogP contribution in [-0.4, -0.2) is 61.3 Å². The van der Waals surface area contributed by atoms with Crippen molar-refractivity contribution >= 4 is 0 Å². The standard InChI is InChI=1S/C11H19F4NO2/c1-8-2-3-16(6-9(8)17)4-5-18-7-11(14,15)10(12)13/h8-10,17H,2-7H2,1H3/t8-,9+/m1/s1. The Morgan fingerprint density at radius 1 is 1.44 bits per heavy atom. The molecule has 7 heteroatoms. The van der Waals surface area contributed by atoms with Gasteiger partial charge in [-0.2, -0.15) is 8.78 Å². The molecule has 3 nitrogen and oxygen atoms in total. The second-order valence-corrected chi connectivity index (χ2v) is 4.75. The van der Waals surface area contributed by atoms with Gasteiger partial charge in [0.1, 0.15) is 6.61 Å². The lowest BCUT2D eigenvalue weighted by Gasteiger charge is -2.34. The maximum absolute atomic E-state index is 12.5. The smallest absolute Gasteiger partial charge is 0.330 e. The zero-order valence-electron chi connectivity index (χ0n) is 10.3. The van der Waals surface area contributed by atoms with E-state index in [4.69, 9.17) is 0 Å².